The Morgan fingerprint density at radius 1 is 0.882 bits per heavy atom. The maximum Gasteiger partial charge on any atom is 0.269 e. The number of fused-ring (bicyclic) bond motifs is 1. The van der Waals surface area contributed by atoms with Gasteiger partial charge in [-0.25, -0.2) is 0 Å². The van der Waals surface area contributed by atoms with Gasteiger partial charge in [-0.15, -0.1) is 0 Å². The largest absolute Gasteiger partial charge is 0.482 e. The van der Waals surface area contributed by atoms with Gasteiger partial charge in [0, 0.05) is 5.56 Å². The maximum atomic E-state index is 10.4. The zero-order chi connectivity index (χ0) is 11.7. The van der Waals surface area contributed by atoms with Crippen LogP contribution in [0.2, 0.25) is 0 Å². The SMILES string of the molecule is OC1(c2ccccc2)COc2ccccc2O1. The summed E-state index contributed by atoms with van der Waals surface area (Å²) in [6.45, 7) is 0.0913. The molecule has 0 bridgehead atoms. The molecule has 0 aromatic heterocycles. The molecule has 0 spiro atoms. The number of aliphatic hydroxyl groups is 1. The van der Waals surface area contributed by atoms with Crippen molar-refractivity contribution < 1.29 is 14.6 Å². The fourth-order valence-corrected chi connectivity index (χ4v) is 1.88. The Morgan fingerprint density at radius 2 is 1.53 bits per heavy atom. The first-order valence-corrected chi connectivity index (χ1v) is 5.47. The molecular weight excluding hydrogens is 216 g/mol. The summed E-state index contributed by atoms with van der Waals surface area (Å²) in [5, 5.41) is 10.4. The molecule has 1 aliphatic rings. The minimum Gasteiger partial charge on any atom is -0.482 e. The van der Waals surface area contributed by atoms with Gasteiger partial charge in [0.05, 0.1) is 0 Å². The van der Waals surface area contributed by atoms with Gasteiger partial charge < -0.3 is 14.6 Å². The Labute approximate surface area is 99.2 Å². The number of hydrogen-bond acceptors (Lipinski definition) is 3. The van der Waals surface area contributed by atoms with E-state index in [0.29, 0.717) is 17.1 Å². The van der Waals surface area contributed by atoms with Crippen molar-refractivity contribution in [3.05, 3.63) is 60.2 Å². The number of rotatable bonds is 1. The van der Waals surface area contributed by atoms with Gasteiger partial charge in [0.2, 0.25) is 0 Å². The molecule has 0 fully saturated rings. The van der Waals surface area contributed by atoms with Crippen LogP contribution >= 0.6 is 0 Å². The summed E-state index contributed by atoms with van der Waals surface area (Å²) in [5.74, 6) is -0.187. The van der Waals surface area contributed by atoms with E-state index in [9.17, 15) is 5.11 Å². The highest BCUT2D eigenvalue weighted by Gasteiger charge is 2.37. The first kappa shape index (κ1) is 10.2. The zero-order valence-electron chi connectivity index (χ0n) is 9.17. The van der Waals surface area contributed by atoms with Crippen LogP contribution in [-0.2, 0) is 5.79 Å². The summed E-state index contributed by atoms with van der Waals surface area (Å²) in [5.41, 5.74) is 0.689. The molecule has 1 heterocycles. The molecule has 17 heavy (non-hydrogen) atoms. The van der Waals surface area contributed by atoms with E-state index in [1.165, 1.54) is 0 Å². The Bertz CT molecular complexity index is 524. The molecule has 1 aliphatic heterocycles. The van der Waals surface area contributed by atoms with E-state index in [1.54, 1.807) is 6.07 Å². The molecule has 1 N–H and O–H groups in total. The number of ether oxygens (including phenoxy) is 2. The van der Waals surface area contributed by atoms with E-state index in [-0.39, 0.29) is 6.61 Å². The van der Waals surface area contributed by atoms with E-state index < -0.39 is 5.79 Å². The van der Waals surface area contributed by atoms with Crippen LogP contribution in [0.25, 0.3) is 0 Å². The van der Waals surface area contributed by atoms with Crippen molar-refractivity contribution in [3.8, 4) is 11.5 Å². The summed E-state index contributed by atoms with van der Waals surface area (Å²) >= 11 is 0. The molecule has 0 saturated carbocycles. The van der Waals surface area contributed by atoms with Gasteiger partial charge in [0.1, 0.15) is 0 Å². The summed E-state index contributed by atoms with van der Waals surface area (Å²) < 4.78 is 11.2. The van der Waals surface area contributed by atoms with E-state index in [0.717, 1.165) is 0 Å². The monoisotopic (exact) mass is 228 g/mol. The lowest BCUT2D eigenvalue weighted by Crippen LogP contribution is -2.41. The molecule has 0 radical (unpaired) electrons. The van der Waals surface area contributed by atoms with Crippen molar-refractivity contribution in [1.29, 1.82) is 0 Å². The van der Waals surface area contributed by atoms with Crippen molar-refractivity contribution >= 4 is 0 Å². The normalized spacial score (nSPS) is 22.2. The Morgan fingerprint density at radius 3 is 2.29 bits per heavy atom. The van der Waals surface area contributed by atoms with E-state index in [4.69, 9.17) is 9.47 Å². The van der Waals surface area contributed by atoms with Crippen LogP contribution in [0.5, 0.6) is 11.5 Å². The second kappa shape index (κ2) is 3.79. The minimum absolute atomic E-state index is 0.0913. The van der Waals surface area contributed by atoms with Crippen LogP contribution < -0.4 is 9.47 Å². The highest BCUT2D eigenvalue weighted by Crippen LogP contribution is 2.37. The van der Waals surface area contributed by atoms with Crippen LogP contribution in [0.1, 0.15) is 5.56 Å². The average Bonchev–Trinajstić information content (AvgIpc) is 2.40. The van der Waals surface area contributed by atoms with E-state index in [2.05, 4.69) is 0 Å². The Hall–Kier alpha value is -2.00. The van der Waals surface area contributed by atoms with Gasteiger partial charge in [-0.3, -0.25) is 0 Å². The van der Waals surface area contributed by atoms with Gasteiger partial charge in [0.25, 0.3) is 5.79 Å². The fourth-order valence-electron chi connectivity index (χ4n) is 1.88. The van der Waals surface area contributed by atoms with Crippen LogP contribution in [-0.4, -0.2) is 11.7 Å². The van der Waals surface area contributed by atoms with Gasteiger partial charge in [-0.1, -0.05) is 42.5 Å². The van der Waals surface area contributed by atoms with Crippen molar-refractivity contribution in [3.63, 3.8) is 0 Å². The number of benzene rings is 2. The molecule has 1 unspecified atom stereocenters. The first-order chi connectivity index (χ1) is 8.28. The Balaban J connectivity index is 1.98. The van der Waals surface area contributed by atoms with Gasteiger partial charge in [0.15, 0.2) is 18.1 Å². The van der Waals surface area contributed by atoms with Crippen molar-refractivity contribution in [1.82, 2.24) is 0 Å². The predicted molar refractivity (Wildman–Crippen MR) is 62.9 cm³/mol. The van der Waals surface area contributed by atoms with Crippen LogP contribution in [0, 0.1) is 0 Å². The standard InChI is InChI=1S/C14H12O3/c15-14(11-6-2-1-3-7-11)10-16-12-8-4-5-9-13(12)17-14/h1-9,15H,10H2. The summed E-state index contributed by atoms with van der Waals surface area (Å²) in [6.07, 6.45) is 0. The lowest BCUT2D eigenvalue weighted by atomic mass is 10.1. The molecule has 3 heteroatoms. The van der Waals surface area contributed by atoms with Crippen molar-refractivity contribution in [2.24, 2.45) is 0 Å². The smallest absolute Gasteiger partial charge is 0.269 e. The van der Waals surface area contributed by atoms with E-state index >= 15 is 0 Å². The zero-order valence-corrected chi connectivity index (χ0v) is 9.17. The lowest BCUT2D eigenvalue weighted by molar-refractivity contribution is -0.182. The lowest BCUT2D eigenvalue weighted by Gasteiger charge is -2.34. The number of para-hydroxylation sites is 2. The number of hydrogen-bond donors (Lipinski definition) is 1. The topological polar surface area (TPSA) is 38.7 Å². The maximum absolute atomic E-state index is 10.4. The Kier molecular flexibility index (Phi) is 2.27. The fraction of sp³-hybridized carbons (Fsp3) is 0.143. The molecule has 2 aromatic carbocycles. The molecule has 3 rings (SSSR count). The minimum atomic E-state index is -1.41. The van der Waals surface area contributed by atoms with Crippen LogP contribution in [0.4, 0.5) is 0 Å². The highest BCUT2D eigenvalue weighted by molar-refractivity contribution is 5.42. The second-order valence-electron chi connectivity index (χ2n) is 3.99. The molecule has 1 atom stereocenters. The molecule has 3 nitrogen and oxygen atoms in total. The van der Waals surface area contributed by atoms with Crippen molar-refractivity contribution in [2.45, 2.75) is 5.79 Å². The van der Waals surface area contributed by atoms with Gasteiger partial charge in [-0.05, 0) is 12.1 Å². The third-order valence-electron chi connectivity index (χ3n) is 2.78. The quantitative estimate of drug-likeness (QED) is 0.814. The van der Waals surface area contributed by atoms with Crippen LogP contribution in [0.3, 0.4) is 0 Å². The summed E-state index contributed by atoms with van der Waals surface area (Å²) in [4.78, 5) is 0. The third-order valence-corrected chi connectivity index (χ3v) is 2.78. The molecule has 0 saturated heterocycles. The highest BCUT2D eigenvalue weighted by atomic mass is 16.7. The predicted octanol–water partition coefficient (Wildman–Crippen LogP) is 2.30. The average molecular weight is 228 g/mol. The molecular formula is C14H12O3. The first-order valence-electron chi connectivity index (χ1n) is 5.47. The second-order valence-corrected chi connectivity index (χ2v) is 3.99. The summed E-state index contributed by atoms with van der Waals surface area (Å²) in [7, 11) is 0. The van der Waals surface area contributed by atoms with Gasteiger partial charge in [-0.2, -0.15) is 0 Å². The molecule has 0 amide bonds. The molecule has 0 aliphatic carbocycles. The third kappa shape index (κ3) is 1.74. The van der Waals surface area contributed by atoms with Gasteiger partial charge >= 0.3 is 0 Å². The van der Waals surface area contributed by atoms with Crippen LogP contribution in [0.15, 0.2) is 54.6 Å². The molecule has 2 aromatic rings. The molecule has 86 valence electrons. The summed E-state index contributed by atoms with van der Waals surface area (Å²) in [6, 6.07) is 16.6. The van der Waals surface area contributed by atoms with E-state index in [1.807, 2.05) is 48.5 Å². The van der Waals surface area contributed by atoms with Crippen molar-refractivity contribution in [2.75, 3.05) is 6.61 Å².